The topological polar surface area (TPSA) is 43.8 Å². The van der Waals surface area contributed by atoms with E-state index >= 15 is 0 Å². The maximum absolute atomic E-state index is 12.8. The number of halogens is 1. The van der Waals surface area contributed by atoms with Gasteiger partial charge in [-0.15, -0.1) is 0 Å². The van der Waals surface area contributed by atoms with E-state index in [2.05, 4.69) is 4.90 Å². The third kappa shape index (κ3) is 4.79. The highest BCUT2D eigenvalue weighted by Crippen LogP contribution is 2.09. The van der Waals surface area contributed by atoms with Crippen LogP contribution in [0.2, 0.25) is 0 Å². The molecule has 116 valence electrons. The summed E-state index contributed by atoms with van der Waals surface area (Å²) in [6.07, 6.45) is 0.785. The third-order valence-electron chi connectivity index (χ3n) is 3.93. The second-order valence-corrected chi connectivity index (χ2v) is 5.55. The number of nitrogens with zero attached hydrogens (tertiary/aromatic N) is 2. The SMILES string of the molecule is CCC(O)CN1CCN(C(=O)Cc2ccc(F)cc2)CC1. The van der Waals surface area contributed by atoms with Gasteiger partial charge in [0.25, 0.3) is 0 Å². The average Bonchev–Trinajstić information content (AvgIpc) is 2.50. The quantitative estimate of drug-likeness (QED) is 0.890. The Bertz CT molecular complexity index is 456. The zero-order valence-corrected chi connectivity index (χ0v) is 12.5. The molecule has 1 N–H and O–H groups in total. The number of aliphatic hydroxyl groups is 1. The van der Waals surface area contributed by atoms with E-state index in [0.717, 1.165) is 25.1 Å². The number of carbonyl (C=O) groups excluding carboxylic acids is 1. The Morgan fingerprint density at radius 1 is 1.24 bits per heavy atom. The minimum absolute atomic E-state index is 0.0808. The van der Waals surface area contributed by atoms with E-state index < -0.39 is 0 Å². The Morgan fingerprint density at radius 2 is 1.86 bits per heavy atom. The lowest BCUT2D eigenvalue weighted by atomic mass is 10.1. The van der Waals surface area contributed by atoms with Crippen LogP contribution in [-0.4, -0.2) is 59.6 Å². The van der Waals surface area contributed by atoms with Gasteiger partial charge < -0.3 is 10.0 Å². The van der Waals surface area contributed by atoms with E-state index in [4.69, 9.17) is 0 Å². The summed E-state index contributed by atoms with van der Waals surface area (Å²) < 4.78 is 12.8. The summed E-state index contributed by atoms with van der Waals surface area (Å²) in [7, 11) is 0. The standard InChI is InChI=1S/C16H23FN2O2/c1-2-15(20)12-18-7-9-19(10-8-18)16(21)11-13-3-5-14(17)6-4-13/h3-6,15,20H,2,7-12H2,1H3. The zero-order valence-electron chi connectivity index (χ0n) is 12.5. The highest BCUT2D eigenvalue weighted by atomic mass is 19.1. The molecule has 1 saturated heterocycles. The van der Waals surface area contributed by atoms with Gasteiger partial charge in [-0.05, 0) is 24.1 Å². The second kappa shape index (κ2) is 7.52. The number of hydrogen-bond acceptors (Lipinski definition) is 3. The van der Waals surface area contributed by atoms with Gasteiger partial charge in [0.2, 0.25) is 5.91 Å². The molecule has 2 rings (SSSR count). The van der Waals surface area contributed by atoms with Crippen molar-refractivity contribution in [2.75, 3.05) is 32.7 Å². The van der Waals surface area contributed by atoms with E-state index in [-0.39, 0.29) is 17.8 Å². The largest absolute Gasteiger partial charge is 0.392 e. The second-order valence-electron chi connectivity index (χ2n) is 5.55. The number of piperazine rings is 1. The summed E-state index contributed by atoms with van der Waals surface area (Å²) in [5.74, 6) is -0.202. The first-order chi connectivity index (χ1) is 10.1. The van der Waals surface area contributed by atoms with Gasteiger partial charge in [-0.25, -0.2) is 4.39 Å². The summed E-state index contributed by atoms with van der Waals surface area (Å²) >= 11 is 0. The van der Waals surface area contributed by atoms with Crippen LogP contribution in [0.3, 0.4) is 0 Å². The van der Waals surface area contributed by atoms with Crippen LogP contribution in [0.5, 0.6) is 0 Å². The molecule has 4 nitrogen and oxygen atoms in total. The van der Waals surface area contributed by atoms with Gasteiger partial charge in [-0.3, -0.25) is 9.69 Å². The smallest absolute Gasteiger partial charge is 0.227 e. The highest BCUT2D eigenvalue weighted by Gasteiger charge is 2.22. The Kier molecular flexibility index (Phi) is 5.70. The van der Waals surface area contributed by atoms with Crippen LogP contribution in [0, 0.1) is 5.82 Å². The maximum Gasteiger partial charge on any atom is 0.227 e. The van der Waals surface area contributed by atoms with Gasteiger partial charge in [-0.1, -0.05) is 19.1 Å². The minimum atomic E-state index is -0.286. The van der Waals surface area contributed by atoms with Crippen LogP contribution < -0.4 is 0 Å². The summed E-state index contributed by atoms with van der Waals surface area (Å²) in [5, 5.41) is 9.65. The summed E-state index contributed by atoms with van der Waals surface area (Å²) in [5.41, 5.74) is 0.838. The summed E-state index contributed by atoms with van der Waals surface area (Å²) in [4.78, 5) is 16.2. The fourth-order valence-corrected chi connectivity index (χ4v) is 2.50. The molecule has 0 aliphatic carbocycles. The zero-order chi connectivity index (χ0) is 15.2. The van der Waals surface area contributed by atoms with Crippen molar-refractivity contribution in [3.8, 4) is 0 Å². The molecule has 1 aromatic rings. The Balaban J connectivity index is 1.79. The van der Waals surface area contributed by atoms with Gasteiger partial charge in [0.05, 0.1) is 12.5 Å². The molecule has 1 aliphatic rings. The van der Waals surface area contributed by atoms with Crippen LogP contribution in [0.25, 0.3) is 0 Å². The lowest BCUT2D eigenvalue weighted by Crippen LogP contribution is -2.50. The third-order valence-corrected chi connectivity index (χ3v) is 3.93. The predicted octanol–water partition coefficient (Wildman–Crippen LogP) is 1.28. The van der Waals surface area contributed by atoms with Gasteiger partial charge in [-0.2, -0.15) is 0 Å². The molecule has 0 radical (unpaired) electrons. The van der Waals surface area contributed by atoms with Gasteiger partial charge in [0.15, 0.2) is 0 Å². The summed E-state index contributed by atoms with van der Waals surface area (Å²) in [6.45, 7) is 5.62. The normalized spacial score (nSPS) is 17.8. The fraction of sp³-hybridized carbons (Fsp3) is 0.562. The molecule has 1 aliphatic heterocycles. The van der Waals surface area contributed by atoms with Crippen molar-refractivity contribution in [1.82, 2.24) is 9.80 Å². The Morgan fingerprint density at radius 3 is 2.43 bits per heavy atom. The molecular weight excluding hydrogens is 271 g/mol. The van der Waals surface area contributed by atoms with Crippen molar-refractivity contribution in [2.24, 2.45) is 0 Å². The average molecular weight is 294 g/mol. The lowest BCUT2D eigenvalue weighted by Gasteiger charge is -2.35. The molecule has 1 amide bonds. The van der Waals surface area contributed by atoms with Crippen LogP contribution in [0.15, 0.2) is 24.3 Å². The Hall–Kier alpha value is -1.46. The van der Waals surface area contributed by atoms with E-state index in [1.807, 2.05) is 11.8 Å². The van der Waals surface area contributed by atoms with Crippen molar-refractivity contribution in [3.05, 3.63) is 35.6 Å². The van der Waals surface area contributed by atoms with Crippen LogP contribution >= 0.6 is 0 Å². The molecule has 0 bridgehead atoms. The van der Waals surface area contributed by atoms with Crippen molar-refractivity contribution in [1.29, 1.82) is 0 Å². The Labute approximate surface area is 125 Å². The van der Waals surface area contributed by atoms with Crippen molar-refractivity contribution in [2.45, 2.75) is 25.9 Å². The van der Waals surface area contributed by atoms with Crippen LogP contribution in [0.1, 0.15) is 18.9 Å². The first-order valence-electron chi connectivity index (χ1n) is 7.51. The number of amides is 1. The minimum Gasteiger partial charge on any atom is -0.392 e. The van der Waals surface area contributed by atoms with Gasteiger partial charge in [0.1, 0.15) is 5.82 Å². The first kappa shape index (κ1) is 15.9. The number of rotatable bonds is 5. The van der Waals surface area contributed by atoms with Gasteiger partial charge in [0, 0.05) is 32.7 Å². The molecule has 0 saturated carbocycles. The number of carbonyl (C=O) groups is 1. The number of aliphatic hydroxyl groups excluding tert-OH is 1. The van der Waals surface area contributed by atoms with Crippen LogP contribution in [-0.2, 0) is 11.2 Å². The molecule has 1 atom stereocenters. The van der Waals surface area contributed by atoms with E-state index in [9.17, 15) is 14.3 Å². The molecule has 0 spiro atoms. The van der Waals surface area contributed by atoms with E-state index in [0.29, 0.717) is 26.1 Å². The number of hydrogen-bond donors (Lipinski definition) is 1. The molecule has 21 heavy (non-hydrogen) atoms. The molecule has 0 aromatic heterocycles. The molecular formula is C16H23FN2O2. The van der Waals surface area contributed by atoms with Gasteiger partial charge >= 0.3 is 0 Å². The van der Waals surface area contributed by atoms with E-state index in [1.54, 1.807) is 12.1 Å². The van der Waals surface area contributed by atoms with Crippen LogP contribution in [0.4, 0.5) is 4.39 Å². The lowest BCUT2D eigenvalue weighted by molar-refractivity contribution is -0.132. The molecule has 1 aromatic carbocycles. The van der Waals surface area contributed by atoms with Crippen molar-refractivity contribution >= 4 is 5.91 Å². The molecule has 1 fully saturated rings. The van der Waals surface area contributed by atoms with E-state index in [1.165, 1.54) is 12.1 Å². The molecule has 1 heterocycles. The number of benzene rings is 1. The highest BCUT2D eigenvalue weighted by molar-refractivity contribution is 5.78. The molecule has 5 heteroatoms. The fourth-order valence-electron chi connectivity index (χ4n) is 2.50. The van der Waals surface area contributed by atoms with Crippen molar-refractivity contribution in [3.63, 3.8) is 0 Å². The first-order valence-corrected chi connectivity index (χ1v) is 7.51. The number of β-amino-alcohol motifs (C(OH)–C–C–N with tert-alkyl or cyclic N) is 1. The predicted molar refractivity (Wildman–Crippen MR) is 79.4 cm³/mol. The monoisotopic (exact) mass is 294 g/mol. The molecule has 1 unspecified atom stereocenters. The van der Waals surface area contributed by atoms with Crippen molar-refractivity contribution < 1.29 is 14.3 Å². The summed E-state index contributed by atoms with van der Waals surface area (Å²) in [6, 6.07) is 6.07. The maximum atomic E-state index is 12.8.